The zero-order valence-electron chi connectivity index (χ0n) is 9.73. The van der Waals surface area contributed by atoms with Gasteiger partial charge >= 0.3 is 0 Å². The van der Waals surface area contributed by atoms with E-state index in [0.29, 0.717) is 17.1 Å². The Balaban J connectivity index is 2.99. The van der Waals surface area contributed by atoms with Gasteiger partial charge in [0.05, 0.1) is 6.61 Å². The number of halogens is 1. The predicted molar refractivity (Wildman–Crippen MR) is 65.1 cm³/mol. The van der Waals surface area contributed by atoms with Gasteiger partial charge in [0, 0.05) is 24.3 Å². The maximum atomic E-state index is 9.26. The summed E-state index contributed by atoms with van der Waals surface area (Å²) in [6.07, 6.45) is 0. The van der Waals surface area contributed by atoms with E-state index in [1.165, 1.54) is 14.2 Å². The summed E-state index contributed by atoms with van der Waals surface area (Å²) in [6.45, 7) is 0.0322. The largest absolute Gasteiger partial charge is 0.464 e. The van der Waals surface area contributed by atoms with Crippen molar-refractivity contribution in [3.63, 3.8) is 0 Å². The Morgan fingerprint density at radius 2 is 1.76 bits per heavy atom. The fourth-order valence-electron chi connectivity index (χ4n) is 1.25. The first kappa shape index (κ1) is 14.2. The van der Waals surface area contributed by atoms with Crippen LogP contribution in [0.15, 0.2) is 16.6 Å². The molecule has 0 bridgehead atoms. The normalized spacial score (nSPS) is 10.4. The van der Waals surface area contributed by atoms with Crippen molar-refractivity contribution >= 4 is 15.9 Å². The van der Waals surface area contributed by atoms with E-state index in [2.05, 4.69) is 15.9 Å². The number of aliphatic hydroxyl groups is 1. The van der Waals surface area contributed by atoms with Gasteiger partial charge in [0.15, 0.2) is 25.1 Å². The van der Waals surface area contributed by atoms with E-state index < -0.39 is 0 Å². The van der Waals surface area contributed by atoms with Gasteiger partial charge in [-0.3, -0.25) is 0 Å². The van der Waals surface area contributed by atoms with Crippen LogP contribution in [0.2, 0.25) is 0 Å². The summed E-state index contributed by atoms with van der Waals surface area (Å²) in [7, 11) is 3.05. The Morgan fingerprint density at radius 1 is 1.12 bits per heavy atom. The highest BCUT2D eigenvalue weighted by atomic mass is 79.9. The maximum Gasteiger partial charge on any atom is 0.188 e. The second-order valence-electron chi connectivity index (χ2n) is 3.15. The van der Waals surface area contributed by atoms with Crippen LogP contribution >= 0.6 is 15.9 Å². The summed E-state index contributed by atoms with van der Waals surface area (Å²) in [4.78, 5) is 0. The van der Waals surface area contributed by atoms with E-state index in [4.69, 9.17) is 18.9 Å². The molecule has 1 aromatic rings. The van der Waals surface area contributed by atoms with E-state index in [0.717, 1.165) is 4.47 Å². The molecule has 1 rings (SSSR count). The summed E-state index contributed by atoms with van der Waals surface area (Å²) in [5, 5.41) is 9.26. The fraction of sp³-hybridized carbons (Fsp3) is 0.455. The molecule has 0 saturated heterocycles. The Bertz CT molecular complexity index is 356. The van der Waals surface area contributed by atoms with Gasteiger partial charge in [-0.05, 0) is 12.1 Å². The van der Waals surface area contributed by atoms with Crippen LogP contribution in [0.25, 0.3) is 0 Å². The van der Waals surface area contributed by atoms with E-state index in [-0.39, 0.29) is 20.2 Å². The molecule has 0 aromatic heterocycles. The molecule has 0 heterocycles. The van der Waals surface area contributed by atoms with Gasteiger partial charge in [0.1, 0.15) is 0 Å². The summed E-state index contributed by atoms with van der Waals surface area (Å²) in [6, 6.07) is 3.49. The van der Waals surface area contributed by atoms with Crippen molar-refractivity contribution in [2.75, 3.05) is 27.8 Å². The topological polar surface area (TPSA) is 57.2 Å². The van der Waals surface area contributed by atoms with Crippen LogP contribution < -0.4 is 9.47 Å². The van der Waals surface area contributed by atoms with E-state index >= 15 is 0 Å². The Labute approximate surface area is 108 Å². The average Bonchev–Trinajstić information content (AvgIpc) is 2.34. The lowest BCUT2D eigenvalue weighted by Crippen LogP contribution is -2.06. The van der Waals surface area contributed by atoms with E-state index in [9.17, 15) is 5.11 Å². The number of benzene rings is 1. The first-order valence-electron chi connectivity index (χ1n) is 4.89. The second kappa shape index (κ2) is 7.50. The molecule has 1 N–H and O–H groups in total. The SMILES string of the molecule is COCOc1cc(Br)cc(CO)c1OCOC. The van der Waals surface area contributed by atoms with Gasteiger partial charge in [-0.15, -0.1) is 0 Å². The Morgan fingerprint density at radius 3 is 2.35 bits per heavy atom. The lowest BCUT2D eigenvalue weighted by atomic mass is 10.2. The first-order chi connectivity index (χ1) is 8.22. The van der Waals surface area contributed by atoms with Gasteiger partial charge in [-0.2, -0.15) is 0 Å². The molecule has 0 fully saturated rings. The minimum absolute atomic E-state index is 0.0813. The summed E-state index contributed by atoms with van der Waals surface area (Å²) >= 11 is 3.33. The van der Waals surface area contributed by atoms with Gasteiger partial charge in [-0.1, -0.05) is 15.9 Å². The van der Waals surface area contributed by atoms with Crippen molar-refractivity contribution in [2.45, 2.75) is 6.61 Å². The molecule has 5 nitrogen and oxygen atoms in total. The molecule has 0 amide bonds. The van der Waals surface area contributed by atoms with Gasteiger partial charge in [0.2, 0.25) is 0 Å². The molecule has 0 aliphatic carbocycles. The number of hydrogen-bond donors (Lipinski definition) is 1. The van der Waals surface area contributed by atoms with E-state index in [1.54, 1.807) is 12.1 Å². The van der Waals surface area contributed by atoms with Crippen molar-refractivity contribution in [1.82, 2.24) is 0 Å². The molecule has 0 radical (unpaired) electrons. The molecule has 0 unspecified atom stereocenters. The van der Waals surface area contributed by atoms with Gasteiger partial charge in [0.25, 0.3) is 0 Å². The highest BCUT2D eigenvalue weighted by Gasteiger charge is 2.12. The molecule has 1 aromatic carbocycles. The molecule has 0 spiro atoms. The lowest BCUT2D eigenvalue weighted by molar-refractivity contribution is 0.0310. The number of ether oxygens (including phenoxy) is 4. The maximum absolute atomic E-state index is 9.26. The van der Waals surface area contributed by atoms with Crippen molar-refractivity contribution in [1.29, 1.82) is 0 Å². The number of aliphatic hydroxyl groups excluding tert-OH is 1. The molecule has 0 aliphatic rings. The molecule has 96 valence electrons. The van der Waals surface area contributed by atoms with Crippen LogP contribution in [0.3, 0.4) is 0 Å². The van der Waals surface area contributed by atoms with Crippen LogP contribution in [0.5, 0.6) is 11.5 Å². The van der Waals surface area contributed by atoms with Crippen molar-refractivity contribution in [3.8, 4) is 11.5 Å². The third kappa shape index (κ3) is 4.16. The van der Waals surface area contributed by atoms with Crippen molar-refractivity contribution < 1.29 is 24.1 Å². The van der Waals surface area contributed by atoms with Crippen LogP contribution in [-0.2, 0) is 16.1 Å². The van der Waals surface area contributed by atoms with Gasteiger partial charge in [-0.25, -0.2) is 0 Å². The predicted octanol–water partition coefficient (Wildman–Crippen LogP) is 1.91. The molecular formula is C11H15BrO5. The second-order valence-corrected chi connectivity index (χ2v) is 4.07. The fourth-order valence-corrected chi connectivity index (χ4v) is 1.74. The summed E-state index contributed by atoms with van der Waals surface area (Å²) in [5.74, 6) is 0.942. The monoisotopic (exact) mass is 306 g/mol. The highest BCUT2D eigenvalue weighted by Crippen LogP contribution is 2.35. The minimum Gasteiger partial charge on any atom is -0.464 e. The first-order valence-corrected chi connectivity index (χ1v) is 5.69. The van der Waals surface area contributed by atoms with Crippen LogP contribution in [0, 0.1) is 0 Å². The van der Waals surface area contributed by atoms with E-state index in [1.807, 2.05) is 0 Å². The molecule has 6 heteroatoms. The summed E-state index contributed by atoms with van der Waals surface area (Å²) in [5.41, 5.74) is 0.613. The molecule has 0 aliphatic heterocycles. The van der Waals surface area contributed by atoms with Crippen molar-refractivity contribution in [2.24, 2.45) is 0 Å². The zero-order valence-corrected chi connectivity index (χ0v) is 11.3. The van der Waals surface area contributed by atoms with Gasteiger partial charge < -0.3 is 24.1 Å². The molecule has 0 saturated carbocycles. The standard InChI is InChI=1S/C11H15BrO5/c1-14-6-16-10-4-9(12)3-8(5-13)11(10)17-7-15-2/h3-4,13H,5-7H2,1-2H3. The number of hydrogen-bond acceptors (Lipinski definition) is 5. The lowest BCUT2D eigenvalue weighted by Gasteiger charge is -2.15. The smallest absolute Gasteiger partial charge is 0.188 e. The van der Waals surface area contributed by atoms with Crippen LogP contribution in [0.1, 0.15) is 5.56 Å². The minimum atomic E-state index is -0.151. The average molecular weight is 307 g/mol. The third-order valence-corrected chi connectivity index (χ3v) is 2.38. The highest BCUT2D eigenvalue weighted by molar-refractivity contribution is 9.10. The van der Waals surface area contributed by atoms with Crippen molar-refractivity contribution in [3.05, 3.63) is 22.2 Å². The molecular weight excluding hydrogens is 292 g/mol. The molecule has 0 atom stereocenters. The Kier molecular flexibility index (Phi) is 6.28. The Hall–Kier alpha value is -0.820. The quantitative estimate of drug-likeness (QED) is 0.780. The number of methoxy groups -OCH3 is 2. The molecule has 17 heavy (non-hydrogen) atoms. The van der Waals surface area contributed by atoms with Crippen LogP contribution in [0.4, 0.5) is 0 Å². The third-order valence-electron chi connectivity index (χ3n) is 1.92. The summed E-state index contributed by atoms with van der Waals surface area (Å²) < 4.78 is 21.2. The zero-order chi connectivity index (χ0) is 12.7. The van der Waals surface area contributed by atoms with Crippen LogP contribution in [-0.4, -0.2) is 32.9 Å². The number of rotatable bonds is 7.